The van der Waals surface area contributed by atoms with Crippen LogP contribution in [0, 0.1) is 6.92 Å². The number of nitrogens with zero attached hydrogens (tertiary/aromatic N) is 2. The largest absolute Gasteiger partial charge is 0.497 e. The molecule has 7 nitrogen and oxygen atoms in total. The Bertz CT molecular complexity index is 846. The average molecular weight is 417 g/mol. The third-order valence-corrected chi connectivity index (χ3v) is 6.27. The van der Waals surface area contributed by atoms with Gasteiger partial charge in [0.1, 0.15) is 10.6 Å². The van der Waals surface area contributed by atoms with Crippen molar-refractivity contribution in [3.63, 3.8) is 0 Å². The molecule has 1 fully saturated rings. The van der Waals surface area contributed by atoms with E-state index in [0.29, 0.717) is 11.4 Å². The number of aryl methyl sites for hydroxylation is 1. The fourth-order valence-electron chi connectivity index (χ4n) is 3.49. The lowest BCUT2D eigenvalue weighted by Gasteiger charge is -2.35. The van der Waals surface area contributed by atoms with E-state index in [1.807, 2.05) is 38.1 Å². The first-order chi connectivity index (χ1) is 14.0. The Morgan fingerprint density at radius 1 is 1.34 bits per heavy atom. The number of thiazole rings is 1. The summed E-state index contributed by atoms with van der Waals surface area (Å²) in [7, 11) is 1.63. The van der Waals surface area contributed by atoms with Crippen molar-refractivity contribution in [3.8, 4) is 5.75 Å². The highest BCUT2D eigenvalue weighted by molar-refractivity contribution is 7.11. The molecule has 0 spiro atoms. The van der Waals surface area contributed by atoms with Crippen LogP contribution in [0.15, 0.2) is 29.8 Å². The Balaban J connectivity index is 1.44. The summed E-state index contributed by atoms with van der Waals surface area (Å²) in [6, 6.07) is 7.61. The second-order valence-corrected chi connectivity index (χ2v) is 8.15. The average Bonchev–Trinajstić information content (AvgIpc) is 3.18. The monoisotopic (exact) mass is 416 g/mol. The fourth-order valence-corrected chi connectivity index (χ4v) is 4.19. The molecule has 2 aromatic rings. The molecule has 2 heterocycles. The second kappa shape index (κ2) is 9.84. The zero-order valence-electron chi connectivity index (χ0n) is 17.1. The van der Waals surface area contributed by atoms with E-state index >= 15 is 0 Å². The molecule has 29 heavy (non-hydrogen) atoms. The summed E-state index contributed by atoms with van der Waals surface area (Å²) < 4.78 is 5.22. The number of rotatable bonds is 7. The number of hydrogen-bond donors (Lipinski definition) is 2. The third-order valence-electron chi connectivity index (χ3n) is 5.34. The van der Waals surface area contributed by atoms with Gasteiger partial charge in [-0.2, -0.15) is 0 Å². The summed E-state index contributed by atoms with van der Waals surface area (Å²) in [6.45, 7) is 5.81. The number of aromatic nitrogens is 1. The van der Waals surface area contributed by atoms with E-state index in [1.54, 1.807) is 12.6 Å². The van der Waals surface area contributed by atoms with Crippen LogP contribution in [0.25, 0.3) is 0 Å². The zero-order valence-corrected chi connectivity index (χ0v) is 17.9. The van der Waals surface area contributed by atoms with E-state index in [0.717, 1.165) is 42.9 Å². The van der Waals surface area contributed by atoms with Gasteiger partial charge < -0.3 is 15.4 Å². The Hall–Kier alpha value is -2.45. The van der Waals surface area contributed by atoms with Gasteiger partial charge in [-0.05, 0) is 44.4 Å². The number of likely N-dealkylation sites (tertiary alicyclic amines) is 1. The van der Waals surface area contributed by atoms with Crippen molar-refractivity contribution >= 4 is 23.2 Å². The van der Waals surface area contributed by atoms with Gasteiger partial charge in [0.05, 0.1) is 24.4 Å². The molecular formula is C21H28N4O3S. The Labute approximate surface area is 175 Å². The molecule has 3 rings (SSSR count). The van der Waals surface area contributed by atoms with Crippen molar-refractivity contribution in [3.05, 3.63) is 45.9 Å². The molecule has 0 bridgehead atoms. The molecule has 156 valence electrons. The summed E-state index contributed by atoms with van der Waals surface area (Å²) >= 11 is 1.37. The van der Waals surface area contributed by atoms with Crippen molar-refractivity contribution in [2.75, 3.05) is 20.2 Å². The van der Waals surface area contributed by atoms with Crippen LogP contribution in [0.3, 0.4) is 0 Å². The standard InChI is InChI=1S/C21H28N4O3S/c1-14-19(29-13-23-14)21(27)24-17-7-9-25(10-8-17)15(2)20(26)22-12-16-5-4-6-18(11-16)28-3/h4-6,11,13,15,17H,7-10,12H2,1-3H3,(H,22,26)(H,24,27). The Morgan fingerprint density at radius 2 is 2.10 bits per heavy atom. The number of hydrogen-bond acceptors (Lipinski definition) is 6. The van der Waals surface area contributed by atoms with Gasteiger partial charge >= 0.3 is 0 Å². The predicted molar refractivity (Wildman–Crippen MR) is 113 cm³/mol. The van der Waals surface area contributed by atoms with Crippen molar-refractivity contribution in [2.45, 2.75) is 45.3 Å². The van der Waals surface area contributed by atoms with Crippen LogP contribution in [0.2, 0.25) is 0 Å². The molecule has 2 amide bonds. The third kappa shape index (κ3) is 5.55. The zero-order chi connectivity index (χ0) is 20.8. The minimum atomic E-state index is -0.207. The maximum atomic E-state index is 12.6. The molecule has 1 aliphatic heterocycles. The van der Waals surface area contributed by atoms with Gasteiger partial charge in [-0.25, -0.2) is 4.98 Å². The van der Waals surface area contributed by atoms with Gasteiger partial charge in [0.15, 0.2) is 0 Å². The molecule has 1 aromatic heterocycles. The van der Waals surface area contributed by atoms with Crippen LogP contribution in [-0.2, 0) is 11.3 Å². The van der Waals surface area contributed by atoms with Gasteiger partial charge in [-0.1, -0.05) is 12.1 Å². The maximum Gasteiger partial charge on any atom is 0.263 e. The summed E-state index contributed by atoms with van der Waals surface area (Å²) in [4.78, 5) is 31.9. The first-order valence-electron chi connectivity index (χ1n) is 9.83. The molecule has 1 aliphatic rings. The van der Waals surface area contributed by atoms with E-state index in [9.17, 15) is 9.59 Å². The lowest BCUT2D eigenvalue weighted by Crippen LogP contribution is -2.51. The van der Waals surface area contributed by atoms with Crippen LogP contribution in [0.4, 0.5) is 0 Å². The van der Waals surface area contributed by atoms with Gasteiger partial charge in [0.2, 0.25) is 5.91 Å². The predicted octanol–water partition coefficient (Wildman–Crippen LogP) is 2.36. The number of methoxy groups -OCH3 is 1. The number of amides is 2. The van der Waals surface area contributed by atoms with Crippen LogP contribution in [0.5, 0.6) is 5.75 Å². The summed E-state index contributed by atoms with van der Waals surface area (Å²) in [6.07, 6.45) is 1.66. The molecule has 2 N–H and O–H groups in total. The van der Waals surface area contributed by atoms with E-state index in [1.165, 1.54) is 11.3 Å². The summed E-state index contributed by atoms with van der Waals surface area (Å²) in [5.41, 5.74) is 3.47. The summed E-state index contributed by atoms with van der Waals surface area (Å²) in [5, 5.41) is 6.10. The normalized spacial score (nSPS) is 16.2. The molecule has 1 aromatic carbocycles. The van der Waals surface area contributed by atoms with Crippen molar-refractivity contribution in [2.24, 2.45) is 0 Å². The number of nitrogens with one attached hydrogen (secondary N) is 2. The molecule has 0 radical (unpaired) electrons. The lowest BCUT2D eigenvalue weighted by molar-refractivity contribution is -0.126. The van der Waals surface area contributed by atoms with Crippen LogP contribution in [-0.4, -0.2) is 54.0 Å². The molecule has 1 atom stereocenters. The van der Waals surface area contributed by atoms with Gasteiger partial charge in [0, 0.05) is 25.7 Å². The molecule has 0 saturated carbocycles. The fraction of sp³-hybridized carbons (Fsp3) is 0.476. The number of ether oxygens (including phenoxy) is 1. The lowest BCUT2D eigenvalue weighted by atomic mass is 10.0. The number of benzene rings is 1. The van der Waals surface area contributed by atoms with Gasteiger partial charge in [-0.15, -0.1) is 11.3 Å². The molecule has 8 heteroatoms. The van der Waals surface area contributed by atoms with E-state index < -0.39 is 0 Å². The van der Waals surface area contributed by atoms with Crippen LogP contribution < -0.4 is 15.4 Å². The smallest absolute Gasteiger partial charge is 0.263 e. The van der Waals surface area contributed by atoms with Crippen molar-refractivity contribution in [1.29, 1.82) is 0 Å². The van der Waals surface area contributed by atoms with Gasteiger partial charge in [0.25, 0.3) is 5.91 Å². The second-order valence-electron chi connectivity index (χ2n) is 7.30. The van der Waals surface area contributed by atoms with E-state index in [2.05, 4.69) is 20.5 Å². The minimum Gasteiger partial charge on any atom is -0.497 e. The van der Waals surface area contributed by atoms with Crippen molar-refractivity contribution < 1.29 is 14.3 Å². The molecule has 1 unspecified atom stereocenters. The molecule has 1 saturated heterocycles. The van der Waals surface area contributed by atoms with Gasteiger partial charge in [-0.3, -0.25) is 14.5 Å². The SMILES string of the molecule is COc1cccc(CNC(=O)C(C)N2CCC(NC(=O)c3scnc3C)CC2)c1. The first kappa shape index (κ1) is 21.3. The van der Waals surface area contributed by atoms with E-state index in [-0.39, 0.29) is 23.9 Å². The Morgan fingerprint density at radius 3 is 2.76 bits per heavy atom. The van der Waals surface area contributed by atoms with Crippen LogP contribution >= 0.6 is 11.3 Å². The highest BCUT2D eigenvalue weighted by Crippen LogP contribution is 2.17. The maximum absolute atomic E-state index is 12.6. The number of carbonyl (C=O) groups is 2. The van der Waals surface area contributed by atoms with E-state index in [4.69, 9.17) is 4.74 Å². The Kier molecular flexibility index (Phi) is 7.22. The highest BCUT2D eigenvalue weighted by atomic mass is 32.1. The summed E-state index contributed by atoms with van der Waals surface area (Å²) in [5.74, 6) is 0.741. The number of carbonyl (C=O) groups excluding carboxylic acids is 2. The van der Waals surface area contributed by atoms with Crippen LogP contribution in [0.1, 0.15) is 40.7 Å². The number of piperidine rings is 1. The highest BCUT2D eigenvalue weighted by Gasteiger charge is 2.27. The quantitative estimate of drug-likeness (QED) is 0.724. The molecule has 0 aliphatic carbocycles. The topological polar surface area (TPSA) is 83.6 Å². The van der Waals surface area contributed by atoms with Crippen molar-refractivity contribution in [1.82, 2.24) is 20.5 Å². The first-order valence-corrected chi connectivity index (χ1v) is 10.7. The minimum absolute atomic E-state index is 0.00981. The molecular weight excluding hydrogens is 388 g/mol.